The fraction of sp³-hybridized carbons (Fsp3) is 0.226. The van der Waals surface area contributed by atoms with E-state index >= 15 is 0 Å². The lowest BCUT2D eigenvalue weighted by Gasteiger charge is -2.24. The van der Waals surface area contributed by atoms with E-state index in [0.29, 0.717) is 29.2 Å². The monoisotopic (exact) mass is 590 g/mol. The Morgan fingerprint density at radius 3 is 2.48 bits per heavy atom. The van der Waals surface area contributed by atoms with Gasteiger partial charge in [0.15, 0.2) is 0 Å². The molecule has 7 nitrogen and oxygen atoms in total. The molecule has 1 saturated carbocycles. The number of rotatable bonds is 5. The highest BCUT2D eigenvalue weighted by molar-refractivity contribution is 8.04. The molecular formula is C31H25F3N4O3S. The maximum Gasteiger partial charge on any atom is 0.417 e. The number of thioether (sulfide) groups is 1. The Hall–Kier alpha value is -4.38. The highest BCUT2D eigenvalue weighted by atomic mass is 32.2. The molecule has 0 spiro atoms. The molecular weight excluding hydrogens is 565 g/mol. The Labute approximate surface area is 243 Å². The minimum atomic E-state index is -4.71. The number of carbonyl (C=O) groups excluding carboxylic acids is 3. The number of nitrogens with one attached hydrogen (secondary N) is 2. The van der Waals surface area contributed by atoms with Crippen LogP contribution in [0.25, 0.3) is 5.57 Å². The van der Waals surface area contributed by atoms with E-state index in [-0.39, 0.29) is 23.5 Å². The number of benzene rings is 2. The minimum Gasteiger partial charge on any atom is -0.349 e. The Balaban J connectivity index is 1.20. The summed E-state index contributed by atoms with van der Waals surface area (Å²) in [5.74, 6) is -0.636. The molecule has 1 aromatic heterocycles. The van der Waals surface area contributed by atoms with E-state index in [1.165, 1.54) is 36.0 Å². The van der Waals surface area contributed by atoms with Gasteiger partial charge < -0.3 is 15.5 Å². The highest BCUT2D eigenvalue weighted by Gasteiger charge is 2.35. The zero-order valence-electron chi connectivity index (χ0n) is 22.2. The Bertz CT molecular complexity index is 1650. The first kappa shape index (κ1) is 27.8. The number of amides is 3. The number of alkyl halides is 3. The van der Waals surface area contributed by atoms with Gasteiger partial charge in [0.25, 0.3) is 17.7 Å². The van der Waals surface area contributed by atoms with Gasteiger partial charge in [0.05, 0.1) is 21.7 Å². The van der Waals surface area contributed by atoms with Crippen LogP contribution in [-0.2, 0) is 11.0 Å². The summed E-state index contributed by atoms with van der Waals surface area (Å²) in [6.07, 6.45) is 1.68. The topological polar surface area (TPSA) is 91.4 Å². The normalized spacial score (nSPS) is 16.5. The van der Waals surface area contributed by atoms with E-state index in [0.717, 1.165) is 53.7 Å². The van der Waals surface area contributed by atoms with E-state index < -0.39 is 23.2 Å². The zero-order chi connectivity index (χ0) is 29.4. The molecule has 214 valence electrons. The van der Waals surface area contributed by atoms with Crippen LogP contribution >= 0.6 is 11.8 Å². The Morgan fingerprint density at radius 1 is 0.976 bits per heavy atom. The fourth-order valence-corrected chi connectivity index (χ4v) is 6.08. The number of hydrogen-bond donors (Lipinski definition) is 2. The average molecular weight is 591 g/mol. The SMILES string of the molecule is O=C(NC1CC1)C1=CC2=C(CS1)c1ccccc1N(C(=O)c1ccc(NC(=O)c3cnccc3C(F)(F)F)cc1)CC2. The standard InChI is InChI=1S/C31H25F3N4O3S/c32-31(33,34)25-11-13-35-16-23(25)28(39)36-20-7-5-18(6-8-20)30(41)38-14-12-19-15-27(29(40)37-21-9-10-21)42-17-24(19)22-3-1-2-4-26(22)38/h1-8,11,13,15-16,21H,9-10,12,14,17H2,(H,36,39)(H,37,40). The van der Waals surface area contributed by atoms with Gasteiger partial charge in [-0.1, -0.05) is 18.2 Å². The zero-order valence-corrected chi connectivity index (χ0v) is 23.0. The lowest BCUT2D eigenvalue weighted by Crippen LogP contribution is -2.32. The molecule has 0 saturated heterocycles. The number of para-hydroxylation sites is 1. The maximum atomic E-state index is 13.7. The maximum absolute atomic E-state index is 13.7. The third-order valence-electron chi connectivity index (χ3n) is 7.33. The molecule has 3 heterocycles. The van der Waals surface area contributed by atoms with Crippen LogP contribution in [0.1, 0.15) is 51.1 Å². The van der Waals surface area contributed by atoms with Crippen LogP contribution in [0.4, 0.5) is 24.5 Å². The summed E-state index contributed by atoms with van der Waals surface area (Å²) < 4.78 is 40.0. The van der Waals surface area contributed by atoms with Gasteiger partial charge in [0.1, 0.15) is 0 Å². The van der Waals surface area contributed by atoms with Crippen molar-refractivity contribution < 1.29 is 27.6 Å². The van der Waals surface area contributed by atoms with Gasteiger partial charge in [-0.05, 0) is 72.9 Å². The second-order valence-electron chi connectivity index (χ2n) is 10.2. The van der Waals surface area contributed by atoms with Gasteiger partial charge in [-0.3, -0.25) is 19.4 Å². The molecule has 0 radical (unpaired) electrons. The Morgan fingerprint density at radius 2 is 1.74 bits per heavy atom. The molecule has 42 heavy (non-hydrogen) atoms. The van der Waals surface area contributed by atoms with Gasteiger partial charge in [-0.15, -0.1) is 11.8 Å². The summed E-state index contributed by atoms with van der Waals surface area (Å²) in [5, 5.41) is 5.50. The van der Waals surface area contributed by atoms with Crippen molar-refractivity contribution in [3.8, 4) is 0 Å². The van der Waals surface area contributed by atoms with E-state index in [4.69, 9.17) is 0 Å². The second kappa shape index (κ2) is 11.1. The Kier molecular flexibility index (Phi) is 7.36. The van der Waals surface area contributed by atoms with Crippen LogP contribution in [0.5, 0.6) is 0 Å². The first-order valence-corrected chi connectivity index (χ1v) is 14.4. The molecule has 0 unspecified atom stereocenters. The summed E-state index contributed by atoms with van der Waals surface area (Å²) in [6.45, 7) is 0.396. The summed E-state index contributed by atoms with van der Waals surface area (Å²) in [6, 6.07) is 14.7. The van der Waals surface area contributed by atoms with Crippen molar-refractivity contribution in [2.75, 3.05) is 22.5 Å². The highest BCUT2D eigenvalue weighted by Crippen LogP contribution is 2.42. The molecule has 2 aromatic carbocycles. The van der Waals surface area contributed by atoms with Crippen molar-refractivity contribution >= 4 is 46.4 Å². The second-order valence-corrected chi connectivity index (χ2v) is 11.2. The van der Waals surface area contributed by atoms with E-state index in [2.05, 4.69) is 15.6 Å². The smallest absolute Gasteiger partial charge is 0.349 e. The van der Waals surface area contributed by atoms with Gasteiger partial charge in [0, 0.05) is 47.5 Å². The number of anilines is 2. The predicted molar refractivity (Wildman–Crippen MR) is 155 cm³/mol. The van der Waals surface area contributed by atoms with Crippen molar-refractivity contribution in [2.24, 2.45) is 0 Å². The molecule has 3 aliphatic rings. The van der Waals surface area contributed by atoms with Crippen LogP contribution in [0, 0.1) is 0 Å². The summed E-state index contributed by atoms with van der Waals surface area (Å²) in [4.78, 5) is 45.1. The van der Waals surface area contributed by atoms with Gasteiger partial charge in [-0.25, -0.2) is 0 Å². The van der Waals surface area contributed by atoms with E-state index in [1.54, 1.807) is 4.90 Å². The number of halogens is 3. The van der Waals surface area contributed by atoms with Crippen molar-refractivity contribution in [3.63, 3.8) is 0 Å². The molecule has 3 amide bonds. The van der Waals surface area contributed by atoms with Crippen molar-refractivity contribution in [1.82, 2.24) is 10.3 Å². The minimum absolute atomic E-state index is 0.0511. The number of allylic oxidation sites excluding steroid dienone is 1. The largest absolute Gasteiger partial charge is 0.417 e. The van der Waals surface area contributed by atoms with Crippen LogP contribution in [0.15, 0.2) is 83.5 Å². The first-order valence-electron chi connectivity index (χ1n) is 13.4. The van der Waals surface area contributed by atoms with Crippen LogP contribution in [-0.4, -0.2) is 41.0 Å². The summed E-state index contributed by atoms with van der Waals surface area (Å²) in [5.41, 5.74) is 2.75. The molecule has 2 N–H and O–H groups in total. The number of carbonyl (C=O) groups is 3. The molecule has 11 heteroatoms. The number of pyridine rings is 1. The molecule has 1 aliphatic carbocycles. The van der Waals surface area contributed by atoms with Gasteiger partial charge in [-0.2, -0.15) is 13.2 Å². The molecule has 1 fully saturated rings. The summed E-state index contributed by atoms with van der Waals surface area (Å²) >= 11 is 1.50. The number of aromatic nitrogens is 1. The molecule has 0 bridgehead atoms. The molecule has 6 rings (SSSR count). The van der Waals surface area contributed by atoms with Crippen LogP contribution in [0.2, 0.25) is 0 Å². The fourth-order valence-electron chi connectivity index (χ4n) is 5.02. The number of nitrogens with zero attached hydrogens (tertiary/aromatic N) is 2. The molecule has 0 atom stereocenters. The van der Waals surface area contributed by atoms with E-state index in [9.17, 15) is 27.6 Å². The van der Waals surface area contributed by atoms with Crippen LogP contribution < -0.4 is 15.5 Å². The third-order valence-corrected chi connectivity index (χ3v) is 8.38. The quantitative estimate of drug-likeness (QED) is 0.377. The third kappa shape index (κ3) is 5.69. The number of fused-ring (bicyclic) bond motifs is 2. The summed E-state index contributed by atoms with van der Waals surface area (Å²) in [7, 11) is 0. The lowest BCUT2D eigenvalue weighted by molar-refractivity contribution is -0.138. The lowest BCUT2D eigenvalue weighted by atomic mass is 9.98. The molecule has 2 aliphatic heterocycles. The average Bonchev–Trinajstić information content (AvgIpc) is 3.82. The molecule has 3 aromatic rings. The van der Waals surface area contributed by atoms with Crippen molar-refractivity contribution in [2.45, 2.75) is 31.5 Å². The van der Waals surface area contributed by atoms with Crippen molar-refractivity contribution in [1.29, 1.82) is 0 Å². The van der Waals surface area contributed by atoms with E-state index in [1.807, 2.05) is 30.3 Å². The van der Waals surface area contributed by atoms with Gasteiger partial charge >= 0.3 is 6.18 Å². The first-order chi connectivity index (χ1) is 20.2. The number of hydrogen-bond acceptors (Lipinski definition) is 5. The van der Waals surface area contributed by atoms with Gasteiger partial charge in [0.2, 0.25) is 0 Å². The van der Waals surface area contributed by atoms with Crippen LogP contribution in [0.3, 0.4) is 0 Å². The van der Waals surface area contributed by atoms with Crippen molar-refractivity contribution in [3.05, 3.63) is 106 Å². The predicted octanol–water partition coefficient (Wildman–Crippen LogP) is 6.07.